The van der Waals surface area contributed by atoms with Gasteiger partial charge in [-0.2, -0.15) is 0 Å². The predicted molar refractivity (Wildman–Crippen MR) is 103 cm³/mol. The molecule has 0 fully saturated rings. The van der Waals surface area contributed by atoms with Crippen LogP contribution in [0.15, 0.2) is 60.8 Å². The molecule has 0 saturated heterocycles. The first kappa shape index (κ1) is 17.8. The topological polar surface area (TPSA) is 59.8 Å². The van der Waals surface area contributed by atoms with Crippen molar-refractivity contribution in [2.24, 2.45) is 0 Å². The molecule has 4 aromatic rings. The van der Waals surface area contributed by atoms with E-state index in [1.165, 1.54) is 6.07 Å². The summed E-state index contributed by atoms with van der Waals surface area (Å²) in [5, 5.41) is 2.47. The highest BCUT2D eigenvalue weighted by Gasteiger charge is 2.15. The lowest BCUT2D eigenvalue weighted by Crippen LogP contribution is -2.13. The zero-order valence-corrected chi connectivity index (χ0v) is 15.0. The van der Waals surface area contributed by atoms with Crippen LogP contribution in [0.5, 0.6) is 0 Å². The number of hydrogen-bond acceptors (Lipinski definition) is 3. The van der Waals surface area contributed by atoms with Gasteiger partial charge >= 0.3 is 0 Å². The van der Waals surface area contributed by atoms with Crippen LogP contribution in [0.3, 0.4) is 0 Å². The number of rotatable bonds is 4. The summed E-state index contributed by atoms with van der Waals surface area (Å²) in [6.45, 7) is 2.66. The first-order valence-corrected chi connectivity index (χ1v) is 8.75. The molecule has 0 spiro atoms. The molecule has 0 unspecified atom stereocenters. The molecule has 1 N–H and O–H groups in total. The van der Waals surface area contributed by atoms with Crippen molar-refractivity contribution in [2.75, 3.05) is 5.32 Å². The zero-order chi connectivity index (χ0) is 19.7. The van der Waals surface area contributed by atoms with Gasteiger partial charge in [0, 0.05) is 29.9 Å². The average Bonchev–Trinajstić information content (AvgIpc) is 3.09. The highest BCUT2D eigenvalue weighted by Crippen LogP contribution is 2.25. The van der Waals surface area contributed by atoms with Crippen molar-refractivity contribution in [3.8, 4) is 11.4 Å². The number of benzene rings is 2. The fourth-order valence-electron chi connectivity index (χ4n) is 3.06. The fourth-order valence-corrected chi connectivity index (χ4v) is 3.06. The molecular weight excluding hydrogens is 362 g/mol. The van der Waals surface area contributed by atoms with Crippen LogP contribution in [-0.2, 0) is 6.54 Å². The van der Waals surface area contributed by atoms with Gasteiger partial charge in [-0.25, -0.2) is 18.7 Å². The van der Waals surface area contributed by atoms with E-state index >= 15 is 0 Å². The maximum Gasteiger partial charge on any atom is 0.255 e. The van der Waals surface area contributed by atoms with Crippen molar-refractivity contribution in [1.82, 2.24) is 14.5 Å². The van der Waals surface area contributed by atoms with Crippen LogP contribution in [0.1, 0.15) is 17.3 Å². The van der Waals surface area contributed by atoms with Crippen LogP contribution in [0.4, 0.5) is 14.5 Å². The molecule has 0 aliphatic carbocycles. The van der Waals surface area contributed by atoms with Crippen molar-refractivity contribution < 1.29 is 13.6 Å². The predicted octanol–water partition coefficient (Wildman–Crippen LogP) is 4.65. The summed E-state index contributed by atoms with van der Waals surface area (Å²) >= 11 is 0. The summed E-state index contributed by atoms with van der Waals surface area (Å²) in [7, 11) is 0. The minimum absolute atomic E-state index is 0.0817. The summed E-state index contributed by atoms with van der Waals surface area (Å²) in [6.07, 6.45) is 1.71. The highest BCUT2D eigenvalue weighted by atomic mass is 19.1. The molecule has 2 aromatic carbocycles. The van der Waals surface area contributed by atoms with E-state index in [1.807, 2.05) is 29.7 Å². The number of anilines is 1. The Labute approximate surface area is 159 Å². The number of carbonyl (C=O) groups is 1. The number of fused-ring (bicyclic) bond motifs is 1. The van der Waals surface area contributed by atoms with Gasteiger partial charge in [-0.1, -0.05) is 12.1 Å². The summed E-state index contributed by atoms with van der Waals surface area (Å²) < 4.78 is 28.8. The third-order valence-electron chi connectivity index (χ3n) is 4.38. The maximum atomic E-state index is 13.8. The molecule has 2 aromatic heterocycles. The molecular formula is C21H16F2N4O. The minimum Gasteiger partial charge on any atom is -0.319 e. The standard InChI is InChI=1S/C21H16F2N4O/c1-2-27-19(25-18-7-4-10-24-20(18)27)13-5-3-6-14(11-13)21(28)26-17-9-8-15(22)12-16(17)23/h3-12H,2H2,1H3,(H,26,28). The van der Waals surface area contributed by atoms with Crippen molar-refractivity contribution in [3.63, 3.8) is 0 Å². The van der Waals surface area contributed by atoms with Gasteiger partial charge in [0.1, 0.15) is 23.0 Å². The van der Waals surface area contributed by atoms with Crippen molar-refractivity contribution in [3.05, 3.63) is 78.0 Å². The van der Waals surface area contributed by atoms with E-state index < -0.39 is 17.5 Å². The number of aromatic nitrogens is 3. The Hall–Kier alpha value is -3.61. The molecule has 0 saturated carbocycles. The molecule has 0 atom stereocenters. The Bertz CT molecular complexity index is 1190. The van der Waals surface area contributed by atoms with E-state index in [1.54, 1.807) is 24.4 Å². The van der Waals surface area contributed by atoms with Gasteiger partial charge in [-0.15, -0.1) is 0 Å². The van der Waals surface area contributed by atoms with Crippen molar-refractivity contribution in [2.45, 2.75) is 13.5 Å². The number of imidazole rings is 1. The number of aryl methyl sites for hydroxylation is 1. The molecule has 2 heterocycles. The van der Waals surface area contributed by atoms with Gasteiger partial charge in [0.25, 0.3) is 5.91 Å². The van der Waals surface area contributed by atoms with Gasteiger partial charge in [-0.05, 0) is 43.3 Å². The molecule has 4 rings (SSSR count). The second kappa shape index (κ2) is 7.19. The number of nitrogens with zero attached hydrogens (tertiary/aromatic N) is 3. The van der Waals surface area contributed by atoms with E-state index in [0.29, 0.717) is 17.9 Å². The minimum atomic E-state index is -0.830. The Morgan fingerprint density at radius 2 is 1.96 bits per heavy atom. The number of amides is 1. The smallest absolute Gasteiger partial charge is 0.255 e. The van der Waals surface area contributed by atoms with E-state index in [-0.39, 0.29) is 5.69 Å². The molecule has 28 heavy (non-hydrogen) atoms. The van der Waals surface area contributed by atoms with Crippen LogP contribution in [-0.4, -0.2) is 20.4 Å². The molecule has 0 aliphatic heterocycles. The largest absolute Gasteiger partial charge is 0.319 e. The molecule has 140 valence electrons. The molecule has 0 aliphatic rings. The van der Waals surface area contributed by atoms with Crippen LogP contribution < -0.4 is 5.32 Å². The Balaban J connectivity index is 1.69. The fraction of sp³-hybridized carbons (Fsp3) is 0.0952. The molecule has 0 bridgehead atoms. The van der Waals surface area contributed by atoms with Gasteiger partial charge in [0.2, 0.25) is 0 Å². The second-order valence-electron chi connectivity index (χ2n) is 6.18. The molecule has 0 radical (unpaired) electrons. The van der Waals surface area contributed by atoms with Gasteiger partial charge < -0.3 is 9.88 Å². The summed E-state index contributed by atoms with van der Waals surface area (Å²) in [5.41, 5.74) is 2.53. The van der Waals surface area contributed by atoms with Crippen molar-refractivity contribution in [1.29, 1.82) is 0 Å². The molecule has 5 nitrogen and oxygen atoms in total. The number of carbonyl (C=O) groups excluding carboxylic acids is 1. The summed E-state index contributed by atoms with van der Waals surface area (Å²) in [5.74, 6) is -1.34. The third kappa shape index (κ3) is 3.22. The third-order valence-corrected chi connectivity index (χ3v) is 4.38. The monoisotopic (exact) mass is 378 g/mol. The number of nitrogens with one attached hydrogen (secondary N) is 1. The van der Waals surface area contributed by atoms with Crippen LogP contribution in [0.25, 0.3) is 22.6 Å². The number of halogens is 2. The Morgan fingerprint density at radius 3 is 2.75 bits per heavy atom. The van der Waals surface area contributed by atoms with Crippen LogP contribution in [0, 0.1) is 11.6 Å². The second-order valence-corrected chi connectivity index (χ2v) is 6.18. The Kier molecular flexibility index (Phi) is 4.57. The molecule has 1 amide bonds. The normalized spacial score (nSPS) is 11.0. The van der Waals surface area contributed by atoms with Crippen molar-refractivity contribution >= 4 is 22.8 Å². The lowest BCUT2D eigenvalue weighted by molar-refractivity contribution is 0.102. The highest BCUT2D eigenvalue weighted by molar-refractivity contribution is 6.05. The van der Waals surface area contributed by atoms with E-state index in [4.69, 9.17) is 0 Å². The SMILES string of the molecule is CCn1c(-c2cccc(C(=O)Nc3ccc(F)cc3F)c2)nc2cccnc21. The van der Waals surface area contributed by atoms with Gasteiger partial charge in [-0.3, -0.25) is 4.79 Å². The number of pyridine rings is 1. The van der Waals surface area contributed by atoms with Crippen LogP contribution in [0.2, 0.25) is 0 Å². The number of hydrogen-bond donors (Lipinski definition) is 1. The Morgan fingerprint density at radius 1 is 1.11 bits per heavy atom. The van der Waals surface area contributed by atoms with E-state index in [2.05, 4.69) is 15.3 Å². The average molecular weight is 378 g/mol. The quantitative estimate of drug-likeness (QED) is 0.562. The zero-order valence-electron chi connectivity index (χ0n) is 15.0. The molecule has 7 heteroatoms. The lowest BCUT2D eigenvalue weighted by Gasteiger charge is -2.09. The van der Waals surface area contributed by atoms with Crippen LogP contribution >= 0.6 is 0 Å². The summed E-state index contributed by atoms with van der Waals surface area (Å²) in [6, 6.07) is 13.6. The summed E-state index contributed by atoms with van der Waals surface area (Å²) in [4.78, 5) is 21.6. The van der Waals surface area contributed by atoms with E-state index in [9.17, 15) is 13.6 Å². The first-order valence-electron chi connectivity index (χ1n) is 8.75. The van der Waals surface area contributed by atoms with E-state index in [0.717, 1.165) is 28.9 Å². The van der Waals surface area contributed by atoms with Gasteiger partial charge in [0.15, 0.2) is 5.65 Å². The maximum absolute atomic E-state index is 13.8. The lowest BCUT2D eigenvalue weighted by atomic mass is 10.1. The van der Waals surface area contributed by atoms with Gasteiger partial charge in [0.05, 0.1) is 5.69 Å². The first-order chi connectivity index (χ1) is 13.6.